The van der Waals surface area contributed by atoms with Gasteiger partial charge in [0.15, 0.2) is 0 Å². The predicted molar refractivity (Wildman–Crippen MR) is 255 cm³/mol. The van der Waals surface area contributed by atoms with Crippen LogP contribution in [0.15, 0.2) is 186 Å². The smallest absolute Gasteiger partial charge is 0.129 e. The second kappa shape index (κ2) is 14.2. The first-order valence-electron chi connectivity index (χ1n) is 22.3. The molecule has 61 heavy (non-hydrogen) atoms. The van der Waals surface area contributed by atoms with Gasteiger partial charge in [-0.05, 0) is 108 Å². The largest absolute Gasteiger partial charge is 0.363 e. The zero-order valence-electron chi connectivity index (χ0n) is 35.0. The summed E-state index contributed by atoms with van der Waals surface area (Å²) in [4.78, 5) is 8.04. The third kappa shape index (κ3) is 5.75. The molecule has 5 aromatic carbocycles. The molecule has 6 aromatic rings. The predicted octanol–water partition coefficient (Wildman–Crippen LogP) is 13.9. The minimum Gasteiger partial charge on any atom is -0.363 e. The molecule has 3 unspecified atom stereocenters. The highest BCUT2D eigenvalue weighted by Crippen LogP contribution is 2.57. The molecule has 6 aliphatic rings. The number of benzene rings is 5. The van der Waals surface area contributed by atoms with E-state index in [1.165, 1.54) is 78.2 Å². The third-order valence-electron chi connectivity index (χ3n) is 14.4. The van der Waals surface area contributed by atoms with Gasteiger partial charge in [0.2, 0.25) is 0 Å². The van der Waals surface area contributed by atoms with E-state index in [-0.39, 0.29) is 17.5 Å². The molecule has 3 atom stereocenters. The molecule has 0 spiro atoms. The maximum absolute atomic E-state index is 5.47. The number of para-hydroxylation sites is 2. The van der Waals surface area contributed by atoms with Gasteiger partial charge in [0, 0.05) is 44.7 Å². The minimum absolute atomic E-state index is 0.0341. The van der Waals surface area contributed by atoms with Crippen molar-refractivity contribution >= 4 is 45.0 Å². The van der Waals surface area contributed by atoms with E-state index in [1.807, 2.05) is 0 Å². The molecule has 0 bridgehead atoms. The van der Waals surface area contributed by atoms with Crippen molar-refractivity contribution in [2.24, 2.45) is 10.9 Å². The molecule has 2 aliphatic heterocycles. The van der Waals surface area contributed by atoms with Crippen LogP contribution in [-0.4, -0.2) is 16.4 Å². The molecular weight excluding hydrogens is 741 g/mol. The van der Waals surface area contributed by atoms with Crippen LogP contribution >= 0.6 is 0 Å². The molecule has 0 fully saturated rings. The van der Waals surface area contributed by atoms with Crippen molar-refractivity contribution in [2.45, 2.75) is 69.9 Å². The number of anilines is 2. The van der Waals surface area contributed by atoms with Crippen molar-refractivity contribution in [3.8, 4) is 11.3 Å². The van der Waals surface area contributed by atoms with E-state index in [0.717, 1.165) is 55.6 Å². The summed E-state index contributed by atoms with van der Waals surface area (Å²) >= 11 is 0. The van der Waals surface area contributed by atoms with Gasteiger partial charge in [-0.3, -0.25) is 4.99 Å². The number of fused-ring (bicyclic) bond motifs is 9. The molecule has 4 heteroatoms. The van der Waals surface area contributed by atoms with Gasteiger partial charge in [0.05, 0.1) is 29.0 Å². The fourth-order valence-electron chi connectivity index (χ4n) is 11.4. The molecule has 1 N–H and O–H groups in total. The van der Waals surface area contributed by atoms with Gasteiger partial charge in [0.1, 0.15) is 5.84 Å². The Bertz CT molecular complexity index is 3000. The lowest BCUT2D eigenvalue weighted by atomic mass is 9.74. The molecule has 1 aromatic heterocycles. The zero-order chi connectivity index (χ0) is 40.7. The summed E-state index contributed by atoms with van der Waals surface area (Å²) < 4.78 is 2.63. The van der Waals surface area contributed by atoms with Crippen LogP contribution in [0, 0.1) is 5.92 Å². The Balaban J connectivity index is 1.02. The van der Waals surface area contributed by atoms with Crippen LogP contribution in [0.4, 0.5) is 11.4 Å². The third-order valence-corrected chi connectivity index (χ3v) is 14.4. The van der Waals surface area contributed by atoms with E-state index in [9.17, 15) is 0 Å². The normalized spacial score (nSPS) is 22.1. The first-order valence-corrected chi connectivity index (χ1v) is 22.3. The molecule has 4 nitrogen and oxygen atoms in total. The number of aromatic nitrogens is 1. The number of nitrogens with zero attached hydrogens (tertiary/aromatic N) is 3. The number of hydrogen-bond acceptors (Lipinski definition) is 3. The van der Waals surface area contributed by atoms with Crippen molar-refractivity contribution in [3.63, 3.8) is 0 Å². The first-order chi connectivity index (χ1) is 30.0. The number of nitrogens with one attached hydrogen (secondary N) is 1. The number of aliphatic imine (C=N–C) groups is 1. The Morgan fingerprint density at radius 2 is 1.54 bits per heavy atom. The maximum atomic E-state index is 5.47. The topological polar surface area (TPSA) is 32.6 Å². The second-order valence-electron chi connectivity index (χ2n) is 18.1. The van der Waals surface area contributed by atoms with Crippen molar-refractivity contribution in [1.82, 2.24) is 9.88 Å². The van der Waals surface area contributed by atoms with Gasteiger partial charge >= 0.3 is 0 Å². The summed E-state index contributed by atoms with van der Waals surface area (Å²) in [7, 11) is 0. The van der Waals surface area contributed by atoms with Crippen molar-refractivity contribution in [1.29, 1.82) is 0 Å². The van der Waals surface area contributed by atoms with Gasteiger partial charge in [0.25, 0.3) is 0 Å². The number of amidine groups is 1. The lowest BCUT2D eigenvalue weighted by Gasteiger charge is -2.34. The van der Waals surface area contributed by atoms with E-state index in [4.69, 9.17) is 4.99 Å². The van der Waals surface area contributed by atoms with Crippen LogP contribution in [0.2, 0.25) is 0 Å². The number of hydrogen-bond donors (Lipinski definition) is 1. The van der Waals surface area contributed by atoms with Crippen LogP contribution in [-0.2, 0) is 5.41 Å². The Morgan fingerprint density at radius 1 is 0.738 bits per heavy atom. The van der Waals surface area contributed by atoms with Crippen molar-refractivity contribution in [3.05, 3.63) is 209 Å². The highest BCUT2D eigenvalue weighted by atomic mass is 15.2. The van der Waals surface area contributed by atoms with Crippen LogP contribution in [0.3, 0.4) is 0 Å². The van der Waals surface area contributed by atoms with Gasteiger partial charge in [-0.25, -0.2) is 0 Å². The highest BCUT2D eigenvalue weighted by Gasteiger charge is 2.44. The summed E-state index contributed by atoms with van der Waals surface area (Å²) in [5.41, 5.74) is 19.8. The van der Waals surface area contributed by atoms with E-state index in [1.54, 1.807) is 0 Å². The summed E-state index contributed by atoms with van der Waals surface area (Å²) in [6.07, 6.45) is 22.5. The SMILES string of the molecule is CC1(C)c2ccccc2C2=CC=C(n3c4c(c5ccccc53)C3=C(CCC=C3)N(c3cccc(C5=NC(c6ccccc6)CC(C6=CC=CCC6)N5)c3)c3ccccc3-4)CC21. The van der Waals surface area contributed by atoms with Gasteiger partial charge < -0.3 is 14.8 Å². The Kier molecular flexibility index (Phi) is 8.45. The van der Waals surface area contributed by atoms with E-state index >= 15 is 0 Å². The van der Waals surface area contributed by atoms with Gasteiger partial charge in [-0.2, -0.15) is 0 Å². The van der Waals surface area contributed by atoms with E-state index < -0.39 is 0 Å². The summed E-state index contributed by atoms with van der Waals surface area (Å²) in [6.45, 7) is 4.89. The minimum atomic E-state index is 0.0341. The Hall–Kier alpha value is -6.65. The second-order valence-corrected chi connectivity index (χ2v) is 18.1. The molecule has 0 radical (unpaired) electrons. The molecule has 0 saturated heterocycles. The number of rotatable bonds is 5. The zero-order valence-corrected chi connectivity index (χ0v) is 35.0. The molecular formula is C57H50N4. The van der Waals surface area contributed by atoms with Gasteiger partial charge in [-0.1, -0.05) is 153 Å². The fraction of sp³-hybridized carbons (Fsp3) is 0.211. The fourth-order valence-corrected chi connectivity index (χ4v) is 11.4. The van der Waals surface area contributed by atoms with Crippen LogP contribution < -0.4 is 10.2 Å². The summed E-state index contributed by atoms with van der Waals surface area (Å²) in [5, 5.41) is 5.25. The molecule has 298 valence electrons. The quantitative estimate of drug-likeness (QED) is 0.189. The number of allylic oxidation sites excluding steroid dienone is 11. The lowest BCUT2D eigenvalue weighted by molar-refractivity contribution is 0.415. The Labute approximate surface area is 359 Å². The van der Waals surface area contributed by atoms with Crippen LogP contribution in [0.1, 0.15) is 86.2 Å². The first kappa shape index (κ1) is 36.2. The lowest BCUT2D eigenvalue weighted by Crippen LogP contribution is -2.42. The molecule has 12 rings (SSSR count). The molecule has 0 saturated carbocycles. The van der Waals surface area contributed by atoms with Gasteiger partial charge in [-0.15, -0.1) is 0 Å². The average Bonchev–Trinajstić information content (AvgIpc) is 3.73. The van der Waals surface area contributed by atoms with E-state index in [0.29, 0.717) is 5.92 Å². The monoisotopic (exact) mass is 790 g/mol. The maximum Gasteiger partial charge on any atom is 0.129 e. The van der Waals surface area contributed by atoms with Crippen LogP contribution in [0.5, 0.6) is 0 Å². The molecule has 3 heterocycles. The standard InChI is InChI=1S/C57H50N4/c1-57(2)47-28-13-9-24-42(47)43-33-32-41(35-48(43)57)61-52-30-15-11-26-45(52)54-44-25-10-14-29-51(44)60(53-31-16-12-27-46(53)55(54)61)40-23-17-22-39(34-40)56-58-49(37-18-5-3-6-19-37)36-50(59-56)38-20-7-4-8-21-38/h3-7,9-13,15-20,22-28,30-34,48-50H,8,14,21,29,35-36H2,1-2H3,(H,58,59). The average molecular weight is 791 g/mol. The van der Waals surface area contributed by atoms with Crippen molar-refractivity contribution < 1.29 is 0 Å². The Morgan fingerprint density at radius 3 is 2.43 bits per heavy atom. The molecule has 4 aliphatic carbocycles. The highest BCUT2D eigenvalue weighted by molar-refractivity contribution is 6.10. The molecule has 0 amide bonds. The summed E-state index contributed by atoms with van der Waals surface area (Å²) in [5.74, 6) is 1.37. The van der Waals surface area contributed by atoms with Crippen molar-refractivity contribution in [2.75, 3.05) is 4.90 Å². The summed E-state index contributed by atoms with van der Waals surface area (Å²) in [6, 6.07) is 47.6. The van der Waals surface area contributed by atoms with Crippen LogP contribution in [0.25, 0.3) is 39.0 Å². The van der Waals surface area contributed by atoms with E-state index in [2.05, 4.69) is 199 Å².